The first kappa shape index (κ1) is 9.18. The molecule has 0 amide bonds. The molecule has 0 fully saturated rings. The van der Waals surface area contributed by atoms with Crippen molar-refractivity contribution in [3.05, 3.63) is 45.9 Å². The van der Waals surface area contributed by atoms with Crippen molar-refractivity contribution < 1.29 is 4.79 Å². The monoisotopic (exact) mass is 206 g/mol. The van der Waals surface area contributed by atoms with E-state index >= 15 is 0 Å². The normalized spacial score (nSPS) is 10.4. The van der Waals surface area contributed by atoms with E-state index < -0.39 is 0 Å². The van der Waals surface area contributed by atoms with Crippen LogP contribution in [-0.4, -0.2) is 10.8 Å². The summed E-state index contributed by atoms with van der Waals surface area (Å²) in [6.07, 6.45) is 1.70. The van der Waals surface area contributed by atoms with Crippen LogP contribution in [0.25, 0.3) is 0 Å². The molecule has 0 saturated heterocycles. The molecule has 0 spiro atoms. The van der Waals surface area contributed by atoms with Gasteiger partial charge in [0.2, 0.25) is 5.78 Å². The smallest absolute Gasteiger partial charge is 0.204 e. The van der Waals surface area contributed by atoms with Crippen LogP contribution >= 0.6 is 11.3 Å². The van der Waals surface area contributed by atoms with Crippen LogP contribution in [0.1, 0.15) is 20.9 Å². The summed E-state index contributed by atoms with van der Waals surface area (Å²) in [5.74, 6) is 0.0518. The maximum absolute atomic E-state index is 11.8. The molecule has 3 N–H and O–H groups in total. The number of hydrogen-bond donors (Lipinski definition) is 2. The highest BCUT2D eigenvalue weighted by molar-refractivity contribution is 7.12. The Morgan fingerprint density at radius 3 is 3.00 bits per heavy atom. The number of rotatable bonds is 3. The molecule has 3 nitrogen and oxygen atoms in total. The molecule has 2 aromatic rings. The van der Waals surface area contributed by atoms with Gasteiger partial charge in [0, 0.05) is 24.0 Å². The van der Waals surface area contributed by atoms with Crippen molar-refractivity contribution in [3.8, 4) is 0 Å². The fourth-order valence-corrected chi connectivity index (χ4v) is 1.93. The van der Waals surface area contributed by atoms with Crippen LogP contribution in [-0.2, 0) is 6.54 Å². The number of carbonyl (C=O) groups excluding carboxylic acids is 1. The Balaban J connectivity index is 2.28. The third-order valence-electron chi connectivity index (χ3n) is 1.97. The number of ketones is 1. The van der Waals surface area contributed by atoms with Crippen molar-refractivity contribution in [1.82, 2.24) is 4.98 Å². The number of nitrogens with two attached hydrogens (primary N) is 1. The second-order valence-electron chi connectivity index (χ2n) is 2.92. The number of thiophene rings is 1. The van der Waals surface area contributed by atoms with E-state index in [0.717, 1.165) is 10.6 Å². The lowest BCUT2D eigenvalue weighted by Crippen LogP contribution is -1.97. The molecule has 0 aromatic carbocycles. The predicted octanol–water partition coefficient (Wildman–Crippen LogP) is 1.77. The van der Waals surface area contributed by atoms with Gasteiger partial charge in [0.1, 0.15) is 0 Å². The van der Waals surface area contributed by atoms with E-state index in [1.165, 1.54) is 11.3 Å². The predicted molar refractivity (Wildman–Crippen MR) is 56.4 cm³/mol. The summed E-state index contributed by atoms with van der Waals surface area (Å²) in [5, 5.41) is 1.89. The van der Waals surface area contributed by atoms with Crippen LogP contribution in [0.2, 0.25) is 0 Å². The molecule has 2 heterocycles. The Morgan fingerprint density at radius 1 is 1.57 bits per heavy atom. The fourth-order valence-electron chi connectivity index (χ4n) is 1.24. The number of aromatic nitrogens is 1. The molecule has 2 aromatic heterocycles. The fraction of sp³-hybridized carbons (Fsp3) is 0.100. The SMILES string of the molecule is NCc1cc(C(=O)c2cccs2)c[nH]1. The summed E-state index contributed by atoms with van der Waals surface area (Å²) < 4.78 is 0. The van der Waals surface area contributed by atoms with E-state index in [9.17, 15) is 4.79 Å². The van der Waals surface area contributed by atoms with Gasteiger partial charge in [-0.3, -0.25) is 4.79 Å². The first-order chi connectivity index (χ1) is 6.81. The molecule has 14 heavy (non-hydrogen) atoms. The minimum Gasteiger partial charge on any atom is -0.363 e. The maximum Gasteiger partial charge on any atom is 0.204 e. The molecule has 0 saturated carbocycles. The zero-order valence-electron chi connectivity index (χ0n) is 7.49. The molecule has 72 valence electrons. The molecule has 0 atom stereocenters. The molecule has 0 aliphatic heterocycles. The van der Waals surface area contributed by atoms with Gasteiger partial charge in [0.05, 0.1) is 4.88 Å². The van der Waals surface area contributed by atoms with Gasteiger partial charge in [-0.15, -0.1) is 11.3 Å². The van der Waals surface area contributed by atoms with E-state index in [1.54, 1.807) is 12.3 Å². The van der Waals surface area contributed by atoms with E-state index in [1.807, 2.05) is 17.5 Å². The third kappa shape index (κ3) is 1.62. The molecule has 0 aliphatic rings. The number of hydrogen-bond acceptors (Lipinski definition) is 3. The topological polar surface area (TPSA) is 58.9 Å². The van der Waals surface area contributed by atoms with Crippen molar-refractivity contribution in [1.29, 1.82) is 0 Å². The molecular formula is C10H10N2OS. The first-order valence-corrected chi connectivity index (χ1v) is 5.15. The lowest BCUT2D eigenvalue weighted by atomic mass is 10.2. The Kier molecular flexibility index (Phi) is 2.47. The second kappa shape index (κ2) is 3.77. The van der Waals surface area contributed by atoms with Crippen LogP contribution in [0.4, 0.5) is 0 Å². The molecule has 4 heteroatoms. The van der Waals surface area contributed by atoms with Crippen LogP contribution in [0.5, 0.6) is 0 Å². The van der Waals surface area contributed by atoms with Crippen LogP contribution in [0.15, 0.2) is 29.8 Å². The summed E-state index contributed by atoms with van der Waals surface area (Å²) in [6.45, 7) is 0.428. The number of H-pyrrole nitrogens is 1. The summed E-state index contributed by atoms with van der Waals surface area (Å²) in [5.41, 5.74) is 7.00. The average Bonchev–Trinajstić information content (AvgIpc) is 2.88. The first-order valence-electron chi connectivity index (χ1n) is 4.27. The van der Waals surface area contributed by atoms with E-state index in [4.69, 9.17) is 5.73 Å². The van der Waals surface area contributed by atoms with Crippen molar-refractivity contribution in [2.75, 3.05) is 0 Å². The average molecular weight is 206 g/mol. The lowest BCUT2D eigenvalue weighted by molar-refractivity contribution is 0.104. The quantitative estimate of drug-likeness (QED) is 0.752. The van der Waals surface area contributed by atoms with Crippen molar-refractivity contribution in [2.24, 2.45) is 5.73 Å². The Morgan fingerprint density at radius 2 is 2.43 bits per heavy atom. The molecule has 0 bridgehead atoms. The van der Waals surface area contributed by atoms with E-state index in [0.29, 0.717) is 12.1 Å². The highest BCUT2D eigenvalue weighted by atomic mass is 32.1. The summed E-state index contributed by atoms with van der Waals surface area (Å²) >= 11 is 1.45. The Labute approximate surface area is 85.6 Å². The lowest BCUT2D eigenvalue weighted by Gasteiger charge is -1.91. The van der Waals surface area contributed by atoms with Gasteiger partial charge in [-0.1, -0.05) is 6.07 Å². The van der Waals surface area contributed by atoms with E-state index in [-0.39, 0.29) is 5.78 Å². The molecule has 0 radical (unpaired) electrons. The zero-order valence-corrected chi connectivity index (χ0v) is 8.30. The number of nitrogens with one attached hydrogen (secondary N) is 1. The van der Waals surface area contributed by atoms with Gasteiger partial charge in [0.15, 0.2) is 0 Å². The van der Waals surface area contributed by atoms with Gasteiger partial charge >= 0.3 is 0 Å². The largest absolute Gasteiger partial charge is 0.363 e. The minimum absolute atomic E-state index is 0.0518. The minimum atomic E-state index is 0.0518. The van der Waals surface area contributed by atoms with Gasteiger partial charge in [-0.2, -0.15) is 0 Å². The highest BCUT2D eigenvalue weighted by Gasteiger charge is 2.11. The second-order valence-corrected chi connectivity index (χ2v) is 3.87. The summed E-state index contributed by atoms with van der Waals surface area (Å²) in [6, 6.07) is 5.48. The van der Waals surface area contributed by atoms with Crippen LogP contribution in [0.3, 0.4) is 0 Å². The van der Waals surface area contributed by atoms with E-state index in [2.05, 4.69) is 4.98 Å². The number of carbonyl (C=O) groups is 1. The summed E-state index contributed by atoms with van der Waals surface area (Å²) in [7, 11) is 0. The molecular weight excluding hydrogens is 196 g/mol. The molecule has 2 rings (SSSR count). The third-order valence-corrected chi connectivity index (χ3v) is 2.84. The van der Waals surface area contributed by atoms with Gasteiger partial charge in [0.25, 0.3) is 0 Å². The van der Waals surface area contributed by atoms with Gasteiger partial charge in [-0.05, 0) is 17.5 Å². The molecule has 0 aliphatic carbocycles. The van der Waals surface area contributed by atoms with Crippen LogP contribution in [0, 0.1) is 0 Å². The van der Waals surface area contributed by atoms with Crippen molar-refractivity contribution in [3.63, 3.8) is 0 Å². The van der Waals surface area contributed by atoms with Crippen molar-refractivity contribution >= 4 is 17.1 Å². The summed E-state index contributed by atoms with van der Waals surface area (Å²) in [4.78, 5) is 15.5. The Hall–Kier alpha value is -1.39. The maximum atomic E-state index is 11.8. The van der Waals surface area contributed by atoms with Crippen molar-refractivity contribution in [2.45, 2.75) is 6.54 Å². The number of aromatic amines is 1. The van der Waals surface area contributed by atoms with Gasteiger partial charge in [-0.25, -0.2) is 0 Å². The van der Waals surface area contributed by atoms with Crippen LogP contribution < -0.4 is 5.73 Å². The van der Waals surface area contributed by atoms with Gasteiger partial charge < -0.3 is 10.7 Å². The molecule has 0 unspecified atom stereocenters. The zero-order chi connectivity index (χ0) is 9.97. The highest BCUT2D eigenvalue weighted by Crippen LogP contribution is 2.15. The Bertz CT molecular complexity index is 431. The standard InChI is InChI=1S/C10H10N2OS/c11-5-8-4-7(6-12-8)10(13)9-2-1-3-14-9/h1-4,6,12H,5,11H2.